The van der Waals surface area contributed by atoms with Crippen LogP contribution in [0.5, 0.6) is 5.75 Å². The monoisotopic (exact) mass is 657 g/mol. The number of fused-ring (bicyclic) bond motifs is 1. The molecule has 2 bridgehead atoms. The maximum atomic E-state index is 14.8. The second-order valence-electron chi connectivity index (χ2n) is 13.2. The Kier molecular flexibility index (Phi) is 11.4. The number of benzene rings is 2. The Balaban J connectivity index is 1.53. The van der Waals surface area contributed by atoms with E-state index < -0.39 is 29.1 Å². The van der Waals surface area contributed by atoms with E-state index in [2.05, 4.69) is 13.2 Å². The second-order valence-corrected chi connectivity index (χ2v) is 13.2. The lowest BCUT2D eigenvalue weighted by atomic mass is 9.64. The van der Waals surface area contributed by atoms with E-state index in [-0.39, 0.29) is 30.9 Å². The van der Waals surface area contributed by atoms with Crippen molar-refractivity contribution >= 4 is 23.4 Å². The molecule has 1 spiro atoms. The van der Waals surface area contributed by atoms with Crippen molar-refractivity contribution in [2.24, 2.45) is 11.8 Å². The molecule has 3 aliphatic heterocycles. The Labute approximate surface area is 285 Å². The van der Waals surface area contributed by atoms with Crippen molar-refractivity contribution in [2.45, 2.75) is 82.6 Å². The van der Waals surface area contributed by atoms with Crippen LogP contribution in [0.2, 0.25) is 0 Å². The van der Waals surface area contributed by atoms with Crippen LogP contribution in [-0.2, 0) is 25.7 Å². The van der Waals surface area contributed by atoms with Crippen molar-refractivity contribution in [3.8, 4) is 5.75 Å². The maximum absolute atomic E-state index is 14.8. The van der Waals surface area contributed by atoms with E-state index in [0.717, 1.165) is 18.4 Å². The molecule has 0 radical (unpaired) electrons. The minimum atomic E-state index is -1.12. The van der Waals surface area contributed by atoms with Crippen LogP contribution in [-0.4, -0.2) is 82.7 Å². The van der Waals surface area contributed by atoms with E-state index in [4.69, 9.17) is 9.47 Å². The number of carbonyl (C=O) groups excluding carboxylic acids is 3. The largest absolute Gasteiger partial charge is 0.494 e. The molecule has 2 aromatic rings. The normalized spacial score (nSPS) is 25.5. The molecule has 2 unspecified atom stereocenters. The maximum Gasteiger partial charge on any atom is 0.248 e. The van der Waals surface area contributed by atoms with E-state index in [1.54, 1.807) is 26.9 Å². The highest BCUT2D eigenvalue weighted by molar-refractivity contribution is 6.03. The third-order valence-electron chi connectivity index (χ3n) is 10.4. The molecular formula is C39H51N3O6. The van der Waals surface area contributed by atoms with Gasteiger partial charge in [-0.2, -0.15) is 0 Å². The summed E-state index contributed by atoms with van der Waals surface area (Å²) in [6.07, 6.45) is 8.08. The van der Waals surface area contributed by atoms with Crippen LogP contribution in [0, 0.1) is 11.8 Å². The lowest BCUT2D eigenvalue weighted by Gasteiger charge is -2.37. The zero-order valence-corrected chi connectivity index (χ0v) is 28.5. The Bertz CT molecular complexity index is 1450. The van der Waals surface area contributed by atoms with Gasteiger partial charge in [0.05, 0.1) is 24.0 Å². The summed E-state index contributed by atoms with van der Waals surface area (Å²) < 4.78 is 12.7. The van der Waals surface area contributed by atoms with Crippen LogP contribution in [0.3, 0.4) is 0 Å². The van der Waals surface area contributed by atoms with Crippen molar-refractivity contribution < 1.29 is 29.0 Å². The topological polar surface area (TPSA) is 99.6 Å². The summed E-state index contributed by atoms with van der Waals surface area (Å²) in [7, 11) is 0. The summed E-state index contributed by atoms with van der Waals surface area (Å²) in [4.78, 5) is 49.6. The average molecular weight is 658 g/mol. The number of carbonyl (C=O) groups is 3. The minimum Gasteiger partial charge on any atom is -0.494 e. The molecule has 5 rings (SSSR count). The number of nitrogens with zero attached hydrogens (tertiary/aromatic N) is 3. The Morgan fingerprint density at radius 1 is 0.979 bits per heavy atom. The molecule has 258 valence electrons. The predicted octanol–water partition coefficient (Wildman–Crippen LogP) is 5.53. The van der Waals surface area contributed by atoms with Gasteiger partial charge in [0.1, 0.15) is 17.4 Å². The molecule has 1 N–H and O–H groups in total. The van der Waals surface area contributed by atoms with Crippen molar-refractivity contribution in [2.75, 3.05) is 37.7 Å². The first-order valence-electron chi connectivity index (χ1n) is 17.5. The predicted molar refractivity (Wildman–Crippen MR) is 186 cm³/mol. The summed E-state index contributed by atoms with van der Waals surface area (Å²) in [5.41, 5.74) is -0.321. The third kappa shape index (κ3) is 6.54. The highest BCUT2D eigenvalue weighted by Gasteiger charge is 2.79. The van der Waals surface area contributed by atoms with Crippen molar-refractivity contribution in [1.82, 2.24) is 9.80 Å². The number of hydrogen-bond donors (Lipinski definition) is 1. The van der Waals surface area contributed by atoms with E-state index >= 15 is 0 Å². The van der Waals surface area contributed by atoms with Gasteiger partial charge in [-0.25, -0.2) is 0 Å². The molecule has 0 aliphatic carbocycles. The van der Waals surface area contributed by atoms with Crippen LogP contribution in [0.4, 0.5) is 5.69 Å². The third-order valence-corrected chi connectivity index (χ3v) is 10.4. The van der Waals surface area contributed by atoms with Crippen molar-refractivity contribution in [1.29, 1.82) is 0 Å². The molecule has 3 fully saturated rings. The van der Waals surface area contributed by atoms with Gasteiger partial charge in [-0.1, -0.05) is 62.2 Å². The van der Waals surface area contributed by atoms with Crippen molar-refractivity contribution in [3.63, 3.8) is 0 Å². The molecule has 48 heavy (non-hydrogen) atoms. The van der Waals surface area contributed by atoms with Crippen molar-refractivity contribution in [3.05, 3.63) is 85.5 Å². The Morgan fingerprint density at radius 3 is 2.33 bits per heavy atom. The van der Waals surface area contributed by atoms with Gasteiger partial charge in [0.25, 0.3) is 0 Å². The van der Waals surface area contributed by atoms with E-state index in [0.29, 0.717) is 69.8 Å². The standard InChI is InChI=1S/C39H51N3O6/c1-5-24-40(28-29-16-12-11-13-17-29)37(46)34-39-23-22-38(7-3,48-39)32(33(39)36(45)42(34)26-14-9-10-15-27-43)35(44)41(25-6-2)30-18-20-31(21-19-30)47-8-4/h5-6,11-13,16-21,32-34,43H,1-2,7-10,14-15,22-28H2,3-4H3/t32-,33+,34?,38+,39?/m1/s1. The van der Waals surface area contributed by atoms with Gasteiger partial charge in [-0.05, 0) is 68.9 Å². The highest BCUT2D eigenvalue weighted by atomic mass is 16.5. The molecule has 3 aliphatic rings. The summed E-state index contributed by atoms with van der Waals surface area (Å²) in [5, 5.41) is 9.29. The molecule has 5 atom stereocenters. The van der Waals surface area contributed by atoms with E-state index in [9.17, 15) is 19.5 Å². The number of ether oxygens (including phenoxy) is 2. The molecule has 3 saturated heterocycles. The van der Waals surface area contributed by atoms with Gasteiger partial charge in [0, 0.05) is 38.5 Å². The van der Waals surface area contributed by atoms with Gasteiger partial charge in [0.2, 0.25) is 17.7 Å². The number of anilines is 1. The first-order valence-corrected chi connectivity index (χ1v) is 17.5. The van der Waals surface area contributed by atoms with Gasteiger partial charge >= 0.3 is 0 Å². The summed E-state index contributed by atoms with van der Waals surface area (Å²) in [6.45, 7) is 13.8. The highest BCUT2D eigenvalue weighted by Crippen LogP contribution is 2.64. The fourth-order valence-electron chi connectivity index (χ4n) is 8.23. The summed E-state index contributed by atoms with van der Waals surface area (Å²) in [5.74, 6) is -1.40. The molecule has 9 heteroatoms. The van der Waals surface area contributed by atoms with Gasteiger partial charge in [-0.3, -0.25) is 14.4 Å². The fourth-order valence-corrected chi connectivity index (χ4v) is 8.23. The van der Waals surface area contributed by atoms with Gasteiger partial charge in [0.15, 0.2) is 0 Å². The molecule has 2 aromatic carbocycles. The number of aliphatic hydroxyl groups is 1. The van der Waals surface area contributed by atoms with Gasteiger partial charge in [-0.15, -0.1) is 13.2 Å². The molecular weight excluding hydrogens is 606 g/mol. The second kappa shape index (κ2) is 15.5. The first kappa shape index (κ1) is 35.4. The molecule has 0 saturated carbocycles. The number of likely N-dealkylation sites (tertiary alicyclic amines) is 1. The Morgan fingerprint density at radius 2 is 1.69 bits per heavy atom. The quantitative estimate of drug-likeness (QED) is 0.167. The lowest BCUT2D eigenvalue weighted by Crippen LogP contribution is -2.56. The SMILES string of the molecule is C=CCN(Cc1ccccc1)C(=O)C1N(CCCCCCO)C(=O)[C@@H]2[C@H](C(=O)N(CC=C)c3ccc(OCC)cc3)[C@]3(CC)CCC12O3. The van der Waals surface area contributed by atoms with E-state index in [1.807, 2.05) is 68.4 Å². The number of unbranched alkanes of at least 4 members (excludes halogenated alkanes) is 3. The van der Waals surface area contributed by atoms with Crippen LogP contribution in [0.25, 0.3) is 0 Å². The van der Waals surface area contributed by atoms with Crippen LogP contribution in [0.1, 0.15) is 64.4 Å². The van der Waals surface area contributed by atoms with Crippen LogP contribution < -0.4 is 9.64 Å². The van der Waals surface area contributed by atoms with Gasteiger partial charge < -0.3 is 29.3 Å². The zero-order chi connectivity index (χ0) is 34.3. The average Bonchev–Trinajstić information content (AvgIpc) is 3.71. The smallest absolute Gasteiger partial charge is 0.248 e. The van der Waals surface area contributed by atoms with Crippen LogP contribution >= 0.6 is 0 Å². The number of aliphatic hydroxyl groups excluding tert-OH is 1. The number of amides is 3. The Hall–Kier alpha value is -3.95. The molecule has 9 nitrogen and oxygen atoms in total. The number of hydrogen-bond acceptors (Lipinski definition) is 6. The lowest BCUT2D eigenvalue weighted by molar-refractivity contribution is -0.153. The fraction of sp³-hybridized carbons (Fsp3) is 0.513. The zero-order valence-electron chi connectivity index (χ0n) is 28.5. The molecule has 0 aromatic heterocycles. The molecule has 3 heterocycles. The minimum absolute atomic E-state index is 0.122. The van der Waals surface area contributed by atoms with Crippen LogP contribution in [0.15, 0.2) is 79.9 Å². The van der Waals surface area contributed by atoms with E-state index in [1.165, 1.54) is 0 Å². The molecule has 3 amide bonds. The summed E-state index contributed by atoms with van der Waals surface area (Å²) in [6, 6.07) is 16.3. The summed E-state index contributed by atoms with van der Waals surface area (Å²) >= 11 is 0. The first-order chi connectivity index (χ1) is 23.3. The number of rotatable bonds is 18.